The van der Waals surface area contributed by atoms with Crippen molar-refractivity contribution in [3.63, 3.8) is 0 Å². The second kappa shape index (κ2) is 14.6. The Morgan fingerprint density at radius 3 is 2.08 bits per heavy atom. The number of aromatic nitrogens is 2. The van der Waals surface area contributed by atoms with Crippen LogP contribution in [0.25, 0.3) is 0 Å². The van der Waals surface area contributed by atoms with E-state index in [0.717, 1.165) is 57.1 Å². The van der Waals surface area contributed by atoms with E-state index in [-0.39, 0.29) is 69.7 Å². The number of amides is 3. The van der Waals surface area contributed by atoms with Crippen LogP contribution in [0.5, 0.6) is 0 Å². The number of sulfonamides is 1. The van der Waals surface area contributed by atoms with Crippen LogP contribution in [0.3, 0.4) is 0 Å². The summed E-state index contributed by atoms with van der Waals surface area (Å²) in [5, 5.41) is 7.13. The Morgan fingerprint density at radius 1 is 0.949 bits per heavy atom. The molecule has 59 heavy (non-hydrogen) atoms. The third-order valence-corrected chi connectivity index (χ3v) is 18.2. The zero-order chi connectivity index (χ0) is 43.3. The van der Waals surface area contributed by atoms with Gasteiger partial charge in [-0.2, -0.15) is 5.10 Å². The molecule has 1 aromatic rings. The fourth-order valence-corrected chi connectivity index (χ4v) is 13.3. The number of carbonyl (C=O) groups is 5. The predicted octanol–water partition coefficient (Wildman–Crippen LogP) is 6.58. The van der Waals surface area contributed by atoms with Crippen LogP contribution < -0.4 is 10.0 Å². The molecule has 2 heterocycles. The van der Waals surface area contributed by atoms with Crippen LogP contribution >= 0.6 is 0 Å². The number of allylic oxidation sites excluding steroid dienone is 1. The van der Waals surface area contributed by atoms with Gasteiger partial charge in [-0.3, -0.25) is 33.4 Å². The summed E-state index contributed by atoms with van der Waals surface area (Å²) in [7, 11) is -2.10. The molecule has 6 atom stereocenters. The van der Waals surface area contributed by atoms with Crippen molar-refractivity contribution in [3.05, 3.63) is 30.1 Å². The minimum atomic E-state index is -3.83. The number of aryl methyl sites for hydroxylation is 1. The van der Waals surface area contributed by atoms with E-state index in [9.17, 15) is 27.6 Å². The largest absolute Gasteiger partial charge is 0.341 e. The lowest BCUT2D eigenvalue weighted by Crippen LogP contribution is -2.51. The summed E-state index contributed by atoms with van der Waals surface area (Å²) in [5.41, 5.74) is -1.39. The number of fused-ring (bicyclic) bond motifs is 1. The molecular formula is C46H69N5O7S. The fraction of sp³-hybridized carbons (Fsp3) is 0.783. The number of nitrogens with zero attached hydrogens (tertiary/aromatic N) is 3. The highest BCUT2D eigenvalue weighted by atomic mass is 32.2. The Morgan fingerprint density at radius 2 is 1.59 bits per heavy atom. The Bertz CT molecular complexity index is 2030. The maximum Gasteiger partial charge on any atom is 0.270 e. The van der Waals surface area contributed by atoms with E-state index in [2.05, 4.69) is 35.6 Å². The molecular weight excluding hydrogens is 767 g/mol. The summed E-state index contributed by atoms with van der Waals surface area (Å²) in [5.74, 6) is -2.91. The highest BCUT2D eigenvalue weighted by Crippen LogP contribution is 2.88. The van der Waals surface area contributed by atoms with Crippen molar-refractivity contribution in [1.82, 2.24) is 24.7 Å². The number of Topliss-reactive ketones (excluding diaryl/α,β-unsaturated/α-hetero) is 2. The van der Waals surface area contributed by atoms with Crippen LogP contribution in [0.2, 0.25) is 0 Å². The zero-order valence-electron chi connectivity index (χ0n) is 37.0. The predicted molar refractivity (Wildman–Crippen MR) is 225 cm³/mol. The first-order valence-electron chi connectivity index (χ1n) is 22.3. The first kappa shape index (κ1) is 43.7. The molecule has 5 aliphatic carbocycles. The molecule has 2 spiro atoms. The lowest BCUT2D eigenvalue weighted by atomic mass is 9.73. The van der Waals surface area contributed by atoms with Crippen LogP contribution in [-0.2, 0) is 41.7 Å². The Hall–Kier alpha value is -3.35. The standard InChI is InChI=1S/C46H69N5O7S/c1-11-29-24-44(29,40(56)49-59(57,58)30-18-19-30)26-35(53)33-25-46(43(8,9)45(46)20-15-21-45)27-51(33)39(55)31(41(2,3)4)22-34(52)37(28-16-13-12-14-17-28)47-38(54)32-23-36(42(5,6)7)48-50(32)10/h11,23,28-31,33,37H,1,12-22,24-27H2,2-10H3,(H,47,54)(H,49,56)/t29-,31-,33+,37?,44-,46-/m1/s1. The Labute approximate surface area is 351 Å². The van der Waals surface area contributed by atoms with Gasteiger partial charge < -0.3 is 10.2 Å². The zero-order valence-corrected chi connectivity index (χ0v) is 37.9. The molecule has 326 valence electrons. The van der Waals surface area contributed by atoms with Gasteiger partial charge in [0.2, 0.25) is 21.8 Å². The smallest absolute Gasteiger partial charge is 0.270 e. The summed E-state index contributed by atoms with van der Waals surface area (Å²) in [6.45, 7) is 20.8. The van der Waals surface area contributed by atoms with Crippen molar-refractivity contribution in [2.75, 3.05) is 6.54 Å². The molecule has 0 aromatic carbocycles. The summed E-state index contributed by atoms with van der Waals surface area (Å²) < 4.78 is 29.6. The van der Waals surface area contributed by atoms with Gasteiger partial charge in [0.1, 0.15) is 5.69 Å². The van der Waals surface area contributed by atoms with Crippen LogP contribution in [0.15, 0.2) is 18.7 Å². The van der Waals surface area contributed by atoms with Gasteiger partial charge in [-0.25, -0.2) is 8.42 Å². The fourth-order valence-electron chi connectivity index (χ4n) is 11.9. The maximum absolute atomic E-state index is 15.3. The minimum Gasteiger partial charge on any atom is -0.341 e. The molecule has 1 unspecified atom stereocenters. The van der Waals surface area contributed by atoms with E-state index in [1.54, 1.807) is 28.8 Å². The molecule has 6 aliphatic rings. The summed E-state index contributed by atoms with van der Waals surface area (Å²) in [6, 6.07) is 0.188. The van der Waals surface area contributed by atoms with E-state index >= 15 is 4.79 Å². The normalized spacial score (nSPS) is 29.7. The molecule has 1 saturated heterocycles. The van der Waals surface area contributed by atoms with Crippen LogP contribution in [0.4, 0.5) is 0 Å². The lowest BCUT2D eigenvalue weighted by Gasteiger charge is -2.37. The third-order valence-electron chi connectivity index (χ3n) is 16.4. The van der Waals surface area contributed by atoms with E-state index in [1.165, 1.54) is 0 Å². The molecule has 13 heteroatoms. The SMILES string of the molecule is C=C[C@@H]1C[C@]1(CC(=O)[C@@H]1C[C@@]2(CN1C(=O)[C@@H](CC(=O)C(NC(=O)c1cc(C(C)(C)C)nn1C)C1CCCCC1)C(C)(C)C)C(C)(C)C21CCC1)C(=O)NS(=O)(=O)C1CC1. The monoisotopic (exact) mass is 835 g/mol. The average Bonchev–Trinajstić information content (AvgIpc) is 4.07. The van der Waals surface area contributed by atoms with Gasteiger partial charge >= 0.3 is 0 Å². The minimum absolute atomic E-state index is 0.0201. The van der Waals surface area contributed by atoms with Gasteiger partial charge in [0.05, 0.1) is 28.4 Å². The highest BCUT2D eigenvalue weighted by Gasteiger charge is 2.85. The van der Waals surface area contributed by atoms with Crippen LogP contribution in [-0.4, -0.2) is 76.3 Å². The van der Waals surface area contributed by atoms with Crippen LogP contribution in [0.1, 0.15) is 161 Å². The summed E-state index contributed by atoms with van der Waals surface area (Å²) in [6.07, 6.45) is 10.9. The van der Waals surface area contributed by atoms with E-state index in [1.807, 2.05) is 41.5 Å². The van der Waals surface area contributed by atoms with Crippen molar-refractivity contribution in [1.29, 1.82) is 0 Å². The molecule has 7 rings (SSSR count). The topological polar surface area (TPSA) is 165 Å². The number of likely N-dealkylation sites (tertiary alicyclic amines) is 1. The molecule has 5 saturated carbocycles. The first-order valence-corrected chi connectivity index (χ1v) is 23.8. The maximum atomic E-state index is 15.3. The third kappa shape index (κ3) is 7.34. The van der Waals surface area contributed by atoms with E-state index in [0.29, 0.717) is 37.9 Å². The number of hydrogen-bond acceptors (Lipinski definition) is 8. The van der Waals surface area contributed by atoms with Gasteiger partial charge in [0, 0.05) is 43.2 Å². The number of ketones is 2. The van der Waals surface area contributed by atoms with E-state index in [4.69, 9.17) is 0 Å². The van der Waals surface area contributed by atoms with Crippen molar-refractivity contribution in [2.24, 2.45) is 51.9 Å². The van der Waals surface area contributed by atoms with Gasteiger partial charge in [0.15, 0.2) is 11.6 Å². The number of nitrogens with one attached hydrogen (secondary N) is 2. The molecule has 3 amide bonds. The van der Waals surface area contributed by atoms with Gasteiger partial charge in [-0.05, 0) is 85.5 Å². The second-order valence-electron chi connectivity index (χ2n) is 22.1. The molecule has 0 bridgehead atoms. The first-order chi connectivity index (χ1) is 27.4. The Balaban J connectivity index is 1.17. The highest BCUT2D eigenvalue weighted by molar-refractivity contribution is 7.90. The van der Waals surface area contributed by atoms with Gasteiger partial charge in [-0.1, -0.05) is 87.1 Å². The summed E-state index contributed by atoms with van der Waals surface area (Å²) in [4.78, 5) is 74.4. The average molecular weight is 836 g/mol. The van der Waals surface area contributed by atoms with Crippen molar-refractivity contribution < 1.29 is 32.4 Å². The molecule has 1 aliphatic heterocycles. The number of rotatable bonds is 14. The Kier molecular flexibility index (Phi) is 10.9. The molecule has 6 fully saturated rings. The second-order valence-corrected chi connectivity index (χ2v) is 24.0. The van der Waals surface area contributed by atoms with E-state index < -0.39 is 50.0 Å². The molecule has 1 aromatic heterocycles. The van der Waals surface area contributed by atoms with Gasteiger partial charge in [0.25, 0.3) is 5.91 Å². The van der Waals surface area contributed by atoms with Gasteiger partial charge in [-0.15, -0.1) is 6.58 Å². The number of hydrogen-bond donors (Lipinski definition) is 2. The molecule has 2 N–H and O–H groups in total. The molecule has 12 nitrogen and oxygen atoms in total. The summed E-state index contributed by atoms with van der Waals surface area (Å²) >= 11 is 0. The lowest BCUT2D eigenvalue weighted by molar-refractivity contribution is -0.146. The number of carbonyl (C=O) groups excluding carboxylic acids is 5. The quantitative estimate of drug-likeness (QED) is 0.199. The van der Waals surface area contributed by atoms with Crippen LogP contribution in [0, 0.1) is 44.8 Å². The van der Waals surface area contributed by atoms with Crippen molar-refractivity contribution in [3.8, 4) is 0 Å². The van der Waals surface area contributed by atoms with Crippen molar-refractivity contribution in [2.45, 2.75) is 168 Å². The molecule has 0 radical (unpaired) electrons. The van der Waals surface area contributed by atoms with Crippen molar-refractivity contribution >= 4 is 39.3 Å².